The number of aromatic amines is 1. The van der Waals surface area contributed by atoms with Crippen molar-refractivity contribution >= 4 is 40.1 Å². The first-order chi connectivity index (χ1) is 11.9. The maximum absolute atomic E-state index is 11.8. The summed E-state index contributed by atoms with van der Waals surface area (Å²) in [6, 6.07) is 12.5. The summed E-state index contributed by atoms with van der Waals surface area (Å²) in [6.07, 6.45) is 0.412. The molecule has 0 aliphatic carbocycles. The third-order valence-electron chi connectivity index (χ3n) is 4.95. The zero-order valence-electron chi connectivity index (χ0n) is 13.4. The fourth-order valence-corrected chi connectivity index (χ4v) is 4.37. The predicted molar refractivity (Wildman–Crippen MR) is 99.5 cm³/mol. The number of hydrogen-bond acceptors (Lipinski definition) is 2. The second-order valence-electron chi connectivity index (χ2n) is 6.51. The molecular formula is C19H16Cl2N2O2. The molecule has 6 heteroatoms. The Morgan fingerprint density at radius 3 is 2.72 bits per heavy atom. The van der Waals surface area contributed by atoms with Crippen molar-refractivity contribution < 1.29 is 9.90 Å². The van der Waals surface area contributed by atoms with Crippen molar-refractivity contribution in [3.8, 4) is 0 Å². The summed E-state index contributed by atoms with van der Waals surface area (Å²) in [5.74, 6) is -0.882. The molecular weight excluding hydrogens is 359 g/mol. The van der Waals surface area contributed by atoms with Crippen LogP contribution in [0, 0.1) is 0 Å². The molecule has 0 fully saturated rings. The maximum Gasteiger partial charge on any atom is 0.321 e. The van der Waals surface area contributed by atoms with Crippen molar-refractivity contribution in [2.24, 2.45) is 0 Å². The lowest BCUT2D eigenvalue weighted by Crippen LogP contribution is -2.54. The number of carbonyl (C=O) groups is 1. The lowest BCUT2D eigenvalue weighted by molar-refractivity contribution is -0.140. The number of carboxylic acid groups (broad SMARTS) is 1. The number of aromatic nitrogens is 1. The van der Waals surface area contributed by atoms with Crippen molar-refractivity contribution in [2.75, 3.05) is 0 Å². The van der Waals surface area contributed by atoms with Crippen LogP contribution in [0.25, 0.3) is 10.9 Å². The van der Waals surface area contributed by atoms with Gasteiger partial charge in [-0.15, -0.1) is 0 Å². The fraction of sp³-hybridized carbons (Fsp3) is 0.211. The molecule has 0 unspecified atom stereocenters. The largest absolute Gasteiger partial charge is 0.480 e. The van der Waals surface area contributed by atoms with Gasteiger partial charge in [-0.3, -0.25) is 10.1 Å². The molecule has 2 atom stereocenters. The molecule has 0 amide bonds. The van der Waals surface area contributed by atoms with E-state index in [1.165, 1.54) is 0 Å². The van der Waals surface area contributed by atoms with Crippen LogP contribution in [-0.2, 0) is 16.8 Å². The molecule has 3 aromatic rings. The number of rotatable bonds is 2. The Balaban J connectivity index is 2.00. The Morgan fingerprint density at radius 2 is 2.00 bits per heavy atom. The van der Waals surface area contributed by atoms with E-state index in [-0.39, 0.29) is 0 Å². The smallest absolute Gasteiger partial charge is 0.321 e. The molecule has 0 spiro atoms. The first-order valence-corrected chi connectivity index (χ1v) is 8.72. The second-order valence-corrected chi connectivity index (χ2v) is 7.36. The highest BCUT2D eigenvalue weighted by molar-refractivity contribution is 6.35. The van der Waals surface area contributed by atoms with Crippen LogP contribution >= 0.6 is 23.2 Å². The second kappa shape index (κ2) is 5.77. The van der Waals surface area contributed by atoms with E-state index in [0.717, 1.165) is 27.7 Å². The Morgan fingerprint density at radius 1 is 1.24 bits per heavy atom. The number of carboxylic acids is 1. The van der Waals surface area contributed by atoms with E-state index in [0.29, 0.717) is 16.5 Å². The van der Waals surface area contributed by atoms with Crippen molar-refractivity contribution in [1.29, 1.82) is 0 Å². The SMILES string of the molecule is C[C@@]1(c2ccc(Cl)cc2Cl)N[C@H](C(=O)O)Cc2c1[nH]c1ccccc21. The van der Waals surface area contributed by atoms with Crippen LogP contribution in [0.1, 0.15) is 23.7 Å². The van der Waals surface area contributed by atoms with Gasteiger partial charge in [0.15, 0.2) is 0 Å². The number of halogens is 2. The Hall–Kier alpha value is -2.01. The zero-order chi connectivity index (χ0) is 17.8. The van der Waals surface area contributed by atoms with Crippen LogP contribution in [0.4, 0.5) is 0 Å². The van der Waals surface area contributed by atoms with Gasteiger partial charge >= 0.3 is 5.97 Å². The number of benzene rings is 2. The summed E-state index contributed by atoms with van der Waals surface area (Å²) in [4.78, 5) is 15.2. The third kappa shape index (κ3) is 2.53. The summed E-state index contributed by atoms with van der Waals surface area (Å²) < 4.78 is 0. The summed E-state index contributed by atoms with van der Waals surface area (Å²) in [5.41, 5.74) is 2.96. The lowest BCUT2D eigenvalue weighted by Gasteiger charge is -2.39. The van der Waals surface area contributed by atoms with Gasteiger partial charge in [-0.25, -0.2) is 0 Å². The molecule has 4 nitrogen and oxygen atoms in total. The van der Waals surface area contributed by atoms with E-state index in [9.17, 15) is 9.90 Å². The van der Waals surface area contributed by atoms with Gasteiger partial charge in [0, 0.05) is 33.1 Å². The summed E-state index contributed by atoms with van der Waals surface area (Å²) in [6.45, 7) is 1.95. The Bertz CT molecular complexity index is 998. The molecule has 0 bridgehead atoms. The average molecular weight is 375 g/mol. The molecule has 0 radical (unpaired) electrons. The first-order valence-electron chi connectivity index (χ1n) is 7.96. The molecule has 0 saturated carbocycles. The van der Waals surface area contributed by atoms with Gasteiger partial charge in [0.05, 0.1) is 5.54 Å². The van der Waals surface area contributed by atoms with Crippen LogP contribution in [0.2, 0.25) is 10.0 Å². The highest BCUT2D eigenvalue weighted by Gasteiger charge is 2.43. The number of hydrogen-bond donors (Lipinski definition) is 3. The van der Waals surface area contributed by atoms with Gasteiger partial charge in [-0.2, -0.15) is 0 Å². The van der Waals surface area contributed by atoms with E-state index in [4.69, 9.17) is 23.2 Å². The molecule has 2 heterocycles. The van der Waals surface area contributed by atoms with E-state index in [1.807, 2.05) is 37.3 Å². The van der Waals surface area contributed by atoms with Crippen molar-refractivity contribution in [3.05, 3.63) is 69.3 Å². The minimum atomic E-state index is -0.882. The molecule has 0 saturated heterocycles. The summed E-state index contributed by atoms with van der Waals surface area (Å²) in [7, 11) is 0. The molecule has 1 aliphatic heterocycles. The lowest BCUT2D eigenvalue weighted by atomic mass is 9.80. The van der Waals surface area contributed by atoms with E-state index in [2.05, 4.69) is 10.3 Å². The van der Waals surface area contributed by atoms with Crippen LogP contribution in [0.15, 0.2) is 42.5 Å². The fourth-order valence-electron chi connectivity index (χ4n) is 3.77. The topological polar surface area (TPSA) is 65.1 Å². The summed E-state index contributed by atoms with van der Waals surface area (Å²) >= 11 is 12.5. The third-order valence-corrected chi connectivity index (χ3v) is 5.50. The predicted octanol–water partition coefficient (Wildman–Crippen LogP) is 4.34. The number of fused-ring (bicyclic) bond motifs is 3. The number of para-hydroxylation sites is 1. The molecule has 4 rings (SSSR count). The molecule has 1 aliphatic rings. The average Bonchev–Trinajstić information content (AvgIpc) is 2.94. The van der Waals surface area contributed by atoms with E-state index < -0.39 is 17.6 Å². The summed E-state index contributed by atoms with van der Waals surface area (Å²) in [5, 5.41) is 15.0. The minimum absolute atomic E-state index is 0.412. The van der Waals surface area contributed by atoms with Crippen molar-refractivity contribution in [1.82, 2.24) is 10.3 Å². The first kappa shape index (κ1) is 16.5. The van der Waals surface area contributed by atoms with E-state index in [1.54, 1.807) is 12.1 Å². The highest BCUT2D eigenvalue weighted by Crippen LogP contribution is 2.42. The Kier molecular flexibility index (Phi) is 3.80. The van der Waals surface area contributed by atoms with Gasteiger partial charge in [0.25, 0.3) is 0 Å². The van der Waals surface area contributed by atoms with Crippen LogP contribution in [0.5, 0.6) is 0 Å². The number of H-pyrrole nitrogens is 1. The molecule has 128 valence electrons. The highest BCUT2D eigenvalue weighted by atomic mass is 35.5. The van der Waals surface area contributed by atoms with Crippen LogP contribution in [0.3, 0.4) is 0 Å². The quantitative estimate of drug-likeness (QED) is 0.625. The van der Waals surface area contributed by atoms with Gasteiger partial charge in [-0.1, -0.05) is 47.5 Å². The van der Waals surface area contributed by atoms with Gasteiger partial charge in [-0.05, 0) is 36.2 Å². The molecule has 1 aromatic heterocycles. The van der Waals surface area contributed by atoms with Crippen molar-refractivity contribution in [3.63, 3.8) is 0 Å². The molecule has 3 N–H and O–H groups in total. The van der Waals surface area contributed by atoms with Gasteiger partial charge in [0.2, 0.25) is 0 Å². The number of nitrogens with one attached hydrogen (secondary N) is 2. The number of aliphatic carboxylic acids is 1. The molecule has 25 heavy (non-hydrogen) atoms. The zero-order valence-corrected chi connectivity index (χ0v) is 14.9. The van der Waals surface area contributed by atoms with Gasteiger partial charge in [0.1, 0.15) is 6.04 Å². The maximum atomic E-state index is 11.8. The van der Waals surface area contributed by atoms with Gasteiger partial charge < -0.3 is 10.1 Å². The monoisotopic (exact) mass is 374 g/mol. The minimum Gasteiger partial charge on any atom is -0.480 e. The van der Waals surface area contributed by atoms with E-state index >= 15 is 0 Å². The standard InChI is InChI=1S/C19H16Cl2N2O2/c1-19(13-7-6-10(20)8-14(13)21)17-12(9-16(23-19)18(24)25)11-4-2-3-5-15(11)22-17/h2-8,16,22-23H,9H2,1H3,(H,24,25)/t16-,19-/m0/s1. The van der Waals surface area contributed by atoms with Crippen molar-refractivity contribution in [2.45, 2.75) is 24.9 Å². The normalized spacial score (nSPS) is 22.8. The Labute approximate surface area is 154 Å². The van der Waals surface area contributed by atoms with Crippen LogP contribution < -0.4 is 5.32 Å². The van der Waals surface area contributed by atoms with Crippen LogP contribution in [-0.4, -0.2) is 22.1 Å². The molecule has 2 aromatic carbocycles.